The van der Waals surface area contributed by atoms with E-state index in [-0.39, 0.29) is 50.6 Å². The number of fused-ring (bicyclic) bond motifs is 2. The monoisotopic (exact) mass is 745 g/mol. The maximum absolute atomic E-state index is 13.6. The molecule has 0 unspecified atom stereocenters. The quantitative estimate of drug-likeness (QED) is 0.0795. The second kappa shape index (κ2) is 19.6. The molecule has 0 spiro atoms. The van der Waals surface area contributed by atoms with E-state index in [1.807, 2.05) is 36.4 Å². The van der Waals surface area contributed by atoms with Gasteiger partial charge in [0.1, 0.15) is 24.7 Å². The lowest BCUT2D eigenvalue weighted by molar-refractivity contribution is -0.253. The lowest BCUT2D eigenvalue weighted by atomic mass is 9.55. The molecular weight excluding hydrogens is 690 g/mol. The molecule has 2 aliphatic carbocycles. The number of carbonyl (C=O) groups is 2. The van der Waals surface area contributed by atoms with E-state index in [2.05, 4.69) is 29.7 Å². The summed E-state index contributed by atoms with van der Waals surface area (Å²) in [7, 11) is 3.18. The lowest BCUT2D eigenvalue weighted by Gasteiger charge is -2.59. The predicted octanol–water partition coefficient (Wildman–Crippen LogP) is 6.88. The third-order valence-electron chi connectivity index (χ3n) is 10.6. The van der Waals surface area contributed by atoms with Crippen molar-refractivity contribution >= 4 is 17.9 Å². The number of hydrogen-bond acceptors (Lipinski definition) is 10. The first-order chi connectivity index (χ1) is 26.3. The van der Waals surface area contributed by atoms with Crippen molar-refractivity contribution in [3.63, 3.8) is 0 Å². The molecule has 54 heavy (non-hydrogen) atoms. The van der Waals surface area contributed by atoms with Gasteiger partial charge in [-0.2, -0.15) is 0 Å². The van der Waals surface area contributed by atoms with Gasteiger partial charge in [0, 0.05) is 44.7 Å². The van der Waals surface area contributed by atoms with E-state index >= 15 is 0 Å². The number of unbranched alkanes of at least 4 members (excludes halogenated alkanes) is 2. The van der Waals surface area contributed by atoms with Crippen LogP contribution in [0, 0.1) is 17.8 Å². The minimum absolute atomic E-state index is 0.0212. The Kier molecular flexibility index (Phi) is 14.7. The van der Waals surface area contributed by atoms with Crippen molar-refractivity contribution in [1.82, 2.24) is 10.2 Å². The number of aliphatic hydroxyl groups is 2. The number of carbonyl (C=O) groups excluding carboxylic acids is 2. The summed E-state index contributed by atoms with van der Waals surface area (Å²) in [4.78, 5) is 33.7. The average Bonchev–Trinajstić information content (AvgIpc) is 3.18. The van der Waals surface area contributed by atoms with Crippen LogP contribution in [0.3, 0.4) is 0 Å². The van der Waals surface area contributed by atoms with Crippen LogP contribution in [0.2, 0.25) is 0 Å². The summed E-state index contributed by atoms with van der Waals surface area (Å²) in [6.45, 7) is 8.46. The molecule has 0 aromatic heterocycles. The third-order valence-corrected chi connectivity index (χ3v) is 10.6. The highest BCUT2D eigenvalue weighted by Crippen LogP contribution is 2.61. The summed E-state index contributed by atoms with van der Waals surface area (Å²) in [6, 6.07) is 14.3. The van der Waals surface area contributed by atoms with Gasteiger partial charge in [-0.15, -0.1) is 13.2 Å². The molecule has 1 heterocycles. The van der Waals surface area contributed by atoms with Crippen molar-refractivity contribution in [1.29, 1.82) is 0 Å². The maximum atomic E-state index is 13.6. The van der Waals surface area contributed by atoms with Crippen molar-refractivity contribution < 1.29 is 43.6 Å². The Balaban J connectivity index is 1.64. The number of rotatable bonds is 19. The first-order valence-electron chi connectivity index (χ1n) is 18.9. The van der Waals surface area contributed by atoms with Crippen LogP contribution in [-0.2, 0) is 20.9 Å². The number of nitrogens with zero attached hydrogens (tertiary/aromatic N) is 2. The molecule has 6 atom stereocenters. The van der Waals surface area contributed by atoms with E-state index in [0.29, 0.717) is 43.0 Å². The fraction of sp³-hybridized carbons (Fsp3) is 0.500. The zero-order chi connectivity index (χ0) is 38.5. The number of nitrogens with one attached hydrogen (secondary N) is 1. The fourth-order valence-corrected chi connectivity index (χ4v) is 8.27. The van der Waals surface area contributed by atoms with Crippen molar-refractivity contribution in [3.8, 4) is 11.5 Å². The lowest BCUT2D eigenvalue weighted by Crippen LogP contribution is -2.69. The summed E-state index contributed by atoms with van der Waals surface area (Å²) in [6.07, 6.45) is 9.71. The van der Waals surface area contributed by atoms with Crippen LogP contribution in [0.25, 0.3) is 0 Å². The summed E-state index contributed by atoms with van der Waals surface area (Å²) < 4.78 is 25.4. The van der Waals surface area contributed by atoms with Crippen molar-refractivity contribution in [2.75, 3.05) is 40.6 Å². The fourth-order valence-electron chi connectivity index (χ4n) is 8.27. The minimum atomic E-state index is -1.41. The molecule has 292 valence electrons. The number of oxime groups is 1. The van der Waals surface area contributed by atoms with Crippen LogP contribution in [0.15, 0.2) is 90.6 Å². The minimum Gasteiger partial charge on any atom is -0.459 e. The molecule has 1 fully saturated rings. The van der Waals surface area contributed by atoms with Crippen LogP contribution >= 0.6 is 0 Å². The van der Waals surface area contributed by atoms with Gasteiger partial charge in [-0.1, -0.05) is 66.6 Å². The van der Waals surface area contributed by atoms with Gasteiger partial charge in [0.25, 0.3) is 0 Å². The number of aliphatic hydroxyl groups excluding tert-OH is 2. The SMILES string of the molecule is C=CCCOC(=O)N(C)[C@H]1CC(=NOC)C2=C[C@H](CCCCO)[C@@H](CCCCO)[C@@H]3c4cc(OC(=O)NCc5ccccc5)ccc4O[C@@]1(OCC=C)[C@H]23. The molecular formula is C42H55N3O9. The van der Waals surface area contributed by atoms with Crippen molar-refractivity contribution in [2.24, 2.45) is 22.9 Å². The summed E-state index contributed by atoms with van der Waals surface area (Å²) in [5.41, 5.74) is 3.35. The van der Waals surface area contributed by atoms with E-state index in [1.165, 1.54) is 12.0 Å². The smallest absolute Gasteiger partial charge is 0.412 e. The first-order valence-corrected chi connectivity index (χ1v) is 18.9. The van der Waals surface area contributed by atoms with Gasteiger partial charge in [0.05, 0.1) is 24.8 Å². The van der Waals surface area contributed by atoms with Crippen molar-refractivity contribution in [2.45, 2.75) is 75.7 Å². The molecule has 1 saturated carbocycles. The highest BCUT2D eigenvalue weighted by molar-refractivity contribution is 6.02. The van der Waals surface area contributed by atoms with Crippen LogP contribution in [0.1, 0.15) is 68.4 Å². The Morgan fingerprint density at radius 3 is 2.52 bits per heavy atom. The molecule has 5 rings (SSSR count). The van der Waals surface area contributed by atoms with Crippen LogP contribution in [-0.4, -0.2) is 85.4 Å². The van der Waals surface area contributed by atoms with E-state index in [9.17, 15) is 19.8 Å². The second-order valence-corrected chi connectivity index (χ2v) is 14.0. The zero-order valence-corrected chi connectivity index (χ0v) is 31.5. The predicted molar refractivity (Wildman–Crippen MR) is 205 cm³/mol. The Morgan fingerprint density at radius 1 is 1.06 bits per heavy atom. The van der Waals surface area contributed by atoms with Crippen LogP contribution < -0.4 is 14.8 Å². The zero-order valence-electron chi connectivity index (χ0n) is 31.5. The average molecular weight is 746 g/mol. The molecule has 2 aromatic rings. The van der Waals surface area contributed by atoms with Gasteiger partial charge in [-0.3, -0.25) is 0 Å². The number of ether oxygens (including phenoxy) is 4. The van der Waals surface area contributed by atoms with E-state index < -0.39 is 29.9 Å². The first kappa shape index (κ1) is 40.5. The Labute approximate surface area is 318 Å². The van der Waals surface area contributed by atoms with Crippen LogP contribution in [0.4, 0.5) is 9.59 Å². The number of likely N-dealkylation sites (N-methyl/N-ethyl adjacent to an activating group) is 1. The Hall–Kier alpha value is -4.65. The molecule has 0 saturated heterocycles. The molecule has 3 aliphatic rings. The molecule has 0 radical (unpaired) electrons. The highest BCUT2D eigenvalue weighted by Gasteiger charge is 2.65. The summed E-state index contributed by atoms with van der Waals surface area (Å²) in [5, 5.41) is 26.9. The Morgan fingerprint density at radius 2 is 1.81 bits per heavy atom. The molecule has 0 bridgehead atoms. The van der Waals surface area contributed by atoms with E-state index in [1.54, 1.807) is 31.3 Å². The molecule has 1 aliphatic heterocycles. The number of allylic oxidation sites excluding steroid dienone is 1. The Bertz CT molecular complexity index is 1650. The normalized spacial score (nSPS) is 24.6. The van der Waals surface area contributed by atoms with Gasteiger partial charge >= 0.3 is 12.2 Å². The van der Waals surface area contributed by atoms with Crippen LogP contribution in [0.5, 0.6) is 11.5 Å². The highest BCUT2D eigenvalue weighted by atomic mass is 16.7. The largest absolute Gasteiger partial charge is 0.459 e. The van der Waals surface area contributed by atoms with E-state index in [0.717, 1.165) is 42.4 Å². The van der Waals surface area contributed by atoms with Gasteiger partial charge in [-0.05, 0) is 73.3 Å². The number of hydrogen-bond donors (Lipinski definition) is 3. The maximum Gasteiger partial charge on any atom is 0.412 e. The second-order valence-electron chi connectivity index (χ2n) is 14.0. The summed E-state index contributed by atoms with van der Waals surface area (Å²) in [5.74, 6) is -1.17. The summed E-state index contributed by atoms with van der Waals surface area (Å²) >= 11 is 0. The standard InChI is InChI=1S/C42H55N3O9/c1-5-7-24-51-41(49)45(3)37-27-35(44-50-4)33-25-30(17-11-13-21-46)32(18-12-14-22-47)38-34-26-31(53-40(48)43-28-29-15-9-8-10-16-29)19-20-36(34)54-42(37,39(33)38)52-23-6-2/h5-6,8-10,15-16,19-20,25-26,30,32,37-39,46-47H,1-2,7,11-14,17-18,21-24,27-28H2,3-4H3,(H,43,48)/t30-,32+,37-,38+,39+,42+/m0/s1. The molecule has 12 nitrogen and oxygen atoms in total. The number of benzene rings is 2. The van der Waals surface area contributed by atoms with Gasteiger partial charge in [0.2, 0.25) is 5.79 Å². The van der Waals surface area contributed by atoms with Gasteiger partial charge in [-0.25, -0.2) is 9.59 Å². The number of amides is 2. The molecule has 2 amide bonds. The molecule has 12 heteroatoms. The van der Waals surface area contributed by atoms with Crippen molar-refractivity contribution in [3.05, 3.63) is 96.6 Å². The third kappa shape index (κ3) is 9.17. The topological polar surface area (TPSA) is 148 Å². The molecule has 3 N–H and O–H groups in total. The van der Waals surface area contributed by atoms with Gasteiger partial charge in [0.15, 0.2) is 0 Å². The van der Waals surface area contributed by atoms with Gasteiger partial charge < -0.3 is 44.2 Å². The molecule has 2 aromatic carbocycles. The van der Waals surface area contributed by atoms with E-state index in [4.69, 9.17) is 23.8 Å².